The van der Waals surface area contributed by atoms with Crippen LogP contribution >= 0.6 is 0 Å². The van der Waals surface area contributed by atoms with Crippen LogP contribution < -0.4 is 4.74 Å². The first-order valence-corrected chi connectivity index (χ1v) is 5.65. The van der Waals surface area contributed by atoms with Gasteiger partial charge in [0.15, 0.2) is 0 Å². The van der Waals surface area contributed by atoms with Gasteiger partial charge in [0.05, 0.1) is 19.3 Å². The highest BCUT2D eigenvalue weighted by Gasteiger charge is 2.25. The Morgan fingerprint density at radius 3 is 2.75 bits per heavy atom. The topological polar surface area (TPSA) is 18.5 Å². The summed E-state index contributed by atoms with van der Waals surface area (Å²) in [5, 5.41) is 0. The van der Waals surface area contributed by atoms with E-state index < -0.39 is 0 Å². The Morgan fingerprint density at radius 1 is 1.31 bits per heavy atom. The second-order valence-electron chi connectivity index (χ2n) is 4.34. The Kier molecular flexibility index (Phi) is 3.30. The molecule has 0 amide bonds. The maximum Gasteiger partial charge on any atom is 0.124 e. The first-order valence-electron chi connectivity index (χ1n) is 5.65. The normalized spacial score (nSPS) is 25.5. The fraction of sp³-hybridized carbons (Fsp3) is 0.429. The van der Waals surface area contributed by atoms with Crippen molar-refractivity contribution in [2.45, 2.75) is 32.0 Å². The monoisotopic (exact) mass is 218 g/mol. The average molecular weight is 218 g/mol. The van der Waals surface area contributed by atoms with Crippen molar-refractivity contribution in [3.8, 4) is 5.75 Å². The molecule has 1 aromatic rings. The number of ether oxygens (including phenoxy) is 2. The molecule has 2 rings (SSSR count). The number of para-hydroxylation sites is 1. The van der Waals surface area contributed by atoms with Crippen LogP contribution in [0.1, 0.15) is 31.4 Å². The number of hydrogen-bond donors (Lipinski definition) is 0. The minimum absolute atomic E-state index is 0.0902. The summed E-state index contributed by atoms with van der Waals surface area (Å²) in [5.41, 5.74) is 2.38. The fourth-order valence-corrected chi connectivity index (χ4v) is 2.24. The lowest BCUT2D eigenvalue weighted by molar-refractivity contribution is -0.0234. The molecule has 0 N–H and O–H groups in total. The molecular formula is C14H18O2. The first-order chi connectivity index (χ1) is 7.70. The molecule has 0 saturated carbocycles. The number of hydrogen-bond acceptors (Lipinski definition) is 2. The number of methoxy groups -OCH3 is 1. The van der Waals surface area contributed by atoms with Crippen LogP contribution in [0.5, 0.6) is 5.75 Å². The summed E-state index contributed by atoms with van der Waals surface area (Å²) < 4.78 is 11.3. The number of rotatable bonds is 2. The zero-order valence-electron chi connectivity index (χ0n) is 9.90. The zero-order chi connectivity index (χ0) is 11.5. The Hall–Kier alpha value is -1.28. The van der Waals surface area contributed by atoms with E-state index in [4.69, 9.17) is 9.47 Å². The Morgan fingerprint density at radius 2 is 2.06 bits per heavy atom. The standard InChI is InChI=1S/C14H18O2/c1-10-8-11(2)16-14(9-10)12-6-4-5-7-13(12)15-3/h4-7,11,14H,1,8-9H2,2-3H3/t11-,14-/m0/s1. The third kappa shape index (κ3) is 2.27. The molecule has 1 saturated heterocycles. The highest BCUT2D eigenvalue weighted by Crippen LogP contribution is 2.37. The molecule has 1 aliphatic rings. The van der Waals surface area contributed by atoms with Crippen LogP contribution in [0, 0.1) is 0 Å². The summed E-state index contributed by atoms with van der Waals surface area (Å²) in [7, 11) is 1.69. The van der Waals surface area contributed by atoms with Gasteiger partial charge in [-0.3, -0.25) is 0 Å². The lowest BCUT2D eigenvalue weighted by atomic mass is 9.95. The van der Waals surface area contributed by atoms with Crippen molar-refractivity contribution in [3.05, 3.63) is 42.0 Å². The van der Waals surface area contributed by atoms with E-state index in [1.165, 1.54) is 5.57 Å². The van der Waals surface area contributed by atoms with E-state index >= 15 is 0 Å². The van der Waals surface area contributed by atoms with Crippen molar-refractivity contribution in [2.75, 3.05) is 7.11 Å². The van der Waals surface area contributed by atoms with Gasteiger partial charge in [0, 0.05) is 5.56 Å². The summed E-state index contributed by atoms with van der Waals surface area (Å²) in [6, 6.07) is 8.03. The molecule has 0 aromatic heterocycles. The number of benzene rings is 1. The summed E-state index contributed by atoms with van der Waals surface area (Å²) in [6.45, 7) is 6.17. The van der Waals surface area contributed by atoms with Crippen molar-refractivity contribution in [1.29, 1.82) is 0 Å². The van der Waals surface area contributed by atoms with Crippen molar-refractivity contribution < 1.29 is 9.47 Å². The summed E-state index contributed by atoms with van der Waals surface area (Å²) in [6.07, 6.45) is 2.19. The van der Waals surface area contributed by atoms with Crippen LogP contribution in [0.4, 0.5) is 0 Å². The molecule has 1 aliphatic heterocycles. The Bertz CT molecular complexity index is 384. The third-order valence-corrected chi connectivity index (χ3v) is 2.93. The van der Waals surface area contributed by atoms with Gasteiger partial charge in [-0.25, -0.2) is 0 Å². The molecule has 2 nitrogen and oxygen atoms in total. The van der Waals surface area contributed by atoms with Crippen LogP contribution in [-0.2, 0) is 4.74 Å². The SMILES string of the molecule is C=C1C[C@@H](c2ccccc2OC)O[C@@H](C)C1. The minimum Gasteiger partial charge on any atom is -0.496 e. The molecule has 1 aromatic carbocycles. The maximum atomic E-state index is 5.94. The van der Waals surface area contributed by atoms with E-state index in [-0.39, 0.29) is 12.2 Å². The van der Waals surface area contributed by atoms with Crippen molar-refractivity contribution >= 4 is 0 Å². The molecule has 2 atom stereocenters. The highest BCUT2D eigenvalue weighted by molar-refractivity contribution is 5.36. The largest absolute Gasteiger partial charge is 0.496 e. The molecular weight excluding hydrogens is 200 g/mol. The fourth-order valence-electron chi connectivity index (χ4n) is 2.24. The molecule has 0 unspecified atom stereocenters. The van der Waals surface area contributed by atoms with E-state index in [1.54, 1.807) is 7.11 Å². The molecule has 86 valence electrons. The van der Waals surface area contributed by atoms with Gasteiger partial charge in [-0.2, -0.15) is 0 Å². The lowest BCUT2D eigenvalue weighted by Crippen LogP contribution is -2.21. The Balaban J connectivity index is 2.25. The average Bonchev–Trinajstić information content (AvgIpc) is 2.27. The molecule has 1 heterocycles. The zero-order valence-corrected chi connectivity index (χ0v) is 9.90. The third-order valence-electron chi connectivity index (χ3n) is 2.93. The molecule has 0 bridgehead atoms. The van der Waals surface area contributed by atoms with Crippen LogP contribution in [0.3, 0.4) is 0 Å². The van der Waals surface area contributed by atoms with Gasteiger partial charge in [-0.15, -0.1) is 0 Å². The van der Waals surface area contributed by atoms with Crippen LogP contribution in [0.15, 0.2) is 36.4 Å². The maximum absolute atomic E-state index is 5.94. The Labute approximate surface area is 96.9 Å². The highest BCUT2D eigenvalue weighted by atomic mass is 16.5. The van der Waals surface area contributed by atoms with E-state index in [2.05, 4.69) is 19.6 Å². The lowest BCUT2D eigenvalue weighted by Gasteiger charge is -2.30. The van der Waals surface area contributed by atoms with Crippen molar-refractivity contribution in [3.63, 3.8) is 0 Å². The minimum atomic E-state index is 0.0902. The van der Waals surface area contributed by atoms with Crippen LogP contribution in [0.2, 0.25) is 0 Å². The second-order valence-corrected chi connectivity index (χ2v) is 4.34. The molecule has 0 spiro atoms. The van der Waals surface area contributed by atoms with E-state index in [9.17, 15) is 0 Å². The summed E-state index contributed by atoms with van der Waals surface area (Å²) in [5.74, 6) is 0.898. The van der Waals surface area contributed by atoms with Gasteiger partial charge in [0.25, 0.3) is 0 Å². The predicted molar refractivity (Wildman–Crippen MR) is 64.7 cm³/mol. The van der Waals surface area contributed by atoms with E-state index in [0.717, 1.165) is 24.2 Å². The first kappa shape index (κ1) is 11.2. The van der Waals surface area contributed by atoms with Crippen LogP contribution in [0.25, 0.3) is 0 Å². The molecule has 0 radical (unpaired) electrons. The smallest absolute Gasteiger partial charge is 0.124 e. The molecule has 1 fully saturated rings. The van der Waals surface area contributed by atoms with Gasteiger partial charge >= 0.3 is 0 Å². The van der Waals surface area contributed by atoms with Crippen molar-refractivity contribution in [2.24, 2.45) is 0 Å². The van der Waals surface area contributed by atoms with Crippen molar-refractivity contribution in [1.82, 2.24) is 0 Å². The quantitative estimate of drug-likeness (QED) is 0.707. The predicted octanol–water partition coefficient (Wildman–Crippen LogP) is 3.49. The molecule has 2 heteroatoms. The van der Waals surface area contributed by atoms with E-state index in [0.29, 0.717) is 0 Å². The van der Waals surface area contributed by atoms with Gasteiger partial charge in [0.2, 0.25) is 0 Å². The van der Waals surface area contributed by atoms with Gasteiger partial charge in [-0.05, 0) is 25.8 Å². The van der Waals surface area contributed by atoms with Gasteiger partial charge < -0.3 is 9.47 Å². The van der Waals surface area contributed by atoms with Crippen LogP contribution in [-0.4, -0.2) is 13.2 Å². The summed E-state index contributed by atoms with van der Waals surface area (Å²) in [4.78, 5) is 0. The van der Waals surface area contributed by atoms with E-state index in [1.807, 2.05) is 18.2 Å². The second kappa shape index (κ2) is 4.71. The van der Waals surface area contributed by atoms with Gasteiger partial charge in [0.1, 0.15) is 5.75 Å². The molecule has 16 heavy (non-hydrogen) atoms. The molecule has 0 aliphatic carbocycles. The van der Waals surface area contributed by atoms with Gasteiger partial charge in [-0.1, -0.05) is 30.4 Å². The summed E-state index contributed by atoms with van der Waals surface area (Å²) >= 11 is 0.